The number of carbonyl (C=O) groups is 1. The number of rotatable bonds is 4. The lowest BCUT2D eigenvalue weighted by molar-refractivity contribution is 0.111. The Morgan fingerprint density at radius 3 is 3.00 bits per heavy atom. The lowest BCUT2D eigenvalue weighted by atomic mass is 10.2. The third kappa shape index (κ3) is 1.72. The number of unbranched alkanes of at least 4 members (excludes halogenated alkanes) is 1. The highest BCUT2D eigenvalue weighted by Crippen LogP contribution is 2.06. The maximum atomic E-state index is 10.6. The summed E-state index contributed by atoms with van der Waals surface area (Å²) in [5.74, 6) is 0. The van der Waals surface area contributed by atoms with Crippen molar-refractivity contribution in [3.63, 3.8) is 0 Å². The normalized spacial score (nSPS) is 10.2. The van der Waals surface area contributed by atoms with Crippen LogP contribution in [0, 0.1) is 0 Å². The van der Waals surface area contributed by atoms with Crippen molar-refractivity contribution in [1.82, 2.24) is 9.55 Å². The third-order valence-corrected chi connectivity index (χ3v) is 1.94. The molecule has 0 unspecified atom stereocenters. The molecule has 0 saturated heterocycles. The van der Waals surface area contributed by atoms with E-state index in [1.165, 1.54) is 0 Å². The largest absolute Gasteiger partial charge is 0.331 e. The van der Waals surface area contributed by atoms with Crippen LogP contribution < -0.4 is 0 Å². The molecule has 0 saturated carbocycles. The number of hydrogen-bond acceptors (Lipinski definition) is 2. The maximum absolute atomic E-state index is 10.6. The molecule has 0 atom stereocenters. The quantitative estimate of drug-likeness (QED) is 0.636. The van der Waals surface area contributed by atoms with E-state index in [1.807, 2.05) is 7.05 Å². The molecule has 3 heteroatoms. The van der Waals surface area contributed by atoms with Crippen LogP contribution in [-0.4, -0.2) is 15.8 Å². The predicted molar refractivity (Wildman–Crippen MR) is 47.2 cm³/mol. The fourth-order valence-electron chi connectivity index (χ4n) is 1.18. The Labute approximate surface area is 72.4 Å². The average Bonchev–Trinajstić information content (AvgIpc) is 2.43. The summed E-state index contributed by atoms with van der Waals surface area (Å²) in [5, 5.41) is 0. The van der Waals surface area contributed by atoms with E-state index < -0.39 is 0 Å². The van der Waals surface area contributed by atoms with Gasteiger partial charge < -0.3 is 4.57 Å². The Morgan fingerprint density at radius 1 is 1.67 bits per heavy atom. The van der Waals surface area contributed by atoms with Crippen molar-refractivity contribution in [3.8, 4) is 0 Å². The molecule has 0 aliphatic rings. The first kappa shape index (κ1) is 8.97. The molecule has 12 heavy (non-hydrogen) atoms. The highest BCUT2D eigenvalue weighted by atomic mass is 16.1. The minimum absolute atomic E-state index is 0.712. The zero-order valence-electron chi connectivity index (χ0n) is 7.58. The van der Waals surface area contributed by atoms with Gasteiger partial charge in [-0.05, 0) is 12.8 Å². The summed E-state index contributed by atoms with van der Waals surface area (Å²) in [5.41, 5.74) is 1.64. The number of aryl methyl sites for hydroxylation is 2. The molecule has 0 fully saturated rings. The van der Waals surface area contributed by atoms with E-state index >= 15 is 0 Å². The zero-order valence-corrected chi connectivity index (χ0v) is 7.58. The highest BCUT2D eigenvalue weighted by molar-refractivity contribution is 5.73. The molecule has 0 amide bonds. The second-order valence-corrected chi connectivity index (χ2v) is 2.91. The van der Waals surface area contributed by atoms with Gasteiger partial charge in [0.25, 0.3) is 0 Å². The maximum Gasteiger partial charge on any atom is 0.168 e. The number of carbonyl (C=O) groups excluding carboxylic acids is 1. The van der Waals surface area contributed by atoms with Crippen LogP contribution in [0.15, 0.2) is 6.33 Å². The van der Waals surface area contributed by atoms with Crippen molar-refractivity contribution in [2.75, 3.05) is 0 Å². The second kappa shape index (κ2) is 4.04. The zero-order chi connectivity index (χ0) is 8.97. The molecule has 1 aromatic rings. The Morgan fingerprint density at radius 2 is 2.42 bits per heavy atom. The van der Waals surface area contributed by atoms with E-state index in [4.69, 9.17) is 0 Å². The van der Waals surface area contributed by atoms with Crippen LogP contribution in [0.5, 0.6) is 0 Å². The smallest absolute Gasteiger partial charge is 0.168 e. The third-order valence-electron chi connectivity index (χ3n) is 1.94. The van der Waals surface area contributed by atoms with Gasteiger partial charge in [0.2, 0.25) is 0 Å². The summed E-state index contributed by atoms with van der Waals surface area (Å²) in [7, 11) is 1.84. The summed E-state index contributed by atoms with van der Waals surface area (Å²) in [6.45, 7) is 2.13. The lowest BCUT2D eigenvalue weighted by Crippen LogP contribution is -1.97. The van der Waals surface area contributed by atoms with Gasteiger partial charge in [0.1, 0.15) is 5.69 Å². The Hall–Kier alpha value is -1.12. The minimum Gasteiger partial charge on any atom is -0.331 e. The monoisotopic (exact) mass is 166 g/mol. The Kier molecular flexibility index (Phi) is 3.02. The summed E-state index contributed by atoms with van der Waals surface area (Å²) >= 11 is 0. The second-order valence-electron chi connectivity index (χ2n) is 2.91. The summed E-state index contributed by atoms with van der Waals surface area (Å²) in [6, 6.07) is 0. The molecule has 0 radical (unpaired) electrons. The molecule has 3 nitrogen and oxygen atoms in total. The van der Waals surface area contributed by atoms with Crippen molar-refractivity contribution in [1.29, 1.82) is 0 Å². The number of imidazole rings is 1. The van der Waals surface area contributed by atoms with Crippen molar-refractivity contribution >= 4 is 6.29 Å². The van der Waals surface area contributed by atoms with Gasteiger partial charge in [0, 0.05) is 7.05 Å². The van der Waals surface area contributed by atoms with E-state index in [0.717, 1.165) is 31.2 Å². The van der Waals surface area contributed by atoms with Gasteiger partial charge in [0.15, 0.2) is 6.29 Å². The molecule has 0 aliphatic carbocycles. The van der Waals surface area contributed by atoms with Crippen molar-refractivity contribution in [2.24, 2.45) is 7.05 Å². The number of hydrogen-bond donors (Lipinski definition) is 0. The standard InChI is InChI=1S/C9H14N2O/c1-3-4-5-8-9(6-12)11(2)7-10-8/h6-7H,3-5H2,1-2H3. The van der Waals surface area contributed by atoms with E-state index in [1.54, 1.807) is 10.9 Å². The van der Waals surface area contributed by atoms with Crippen LogP contribution in [0.1, 0.15) is 35.9 Å². The summed E-state index contributed by atoms with van der Waals surface area (Å²) in [6.07, 6.45) is 5.70. The first-order valence-corrected chi connectivity index (χ1v) is 4.25. The van der Waals surface area contributed by atoms with Crippen LogP contribution in [0.2, 0.25) is 0 Å². The molecular weight excluding hydrogens is 152 g/mol. The summed E-state index contributed by atoms with van der Waals surface area (Å²) < 4.78 is 1.76. The van der Waals surface area contributed by atoms with Gasteiger partial charge in [-0.15, -0.1) is 0 Å². The van der Waals surface area contributed by atoms with Crippen LogP contribution in [0.4, 0.5) is 0 Å². The van der Waals surface area contributed by atoms with E-state index in [9.17, 15) is 4.79 Å². The predicted octanol–water partition coefficient (Wildman–Crippen LogP) is 1.58. The molecule has 0 bridgehead atoms. The van der Waals surface area contributed by atoms with Gasteiger partial charge in [-0.3, -0.25) is 4.79 Å². The molecule has 1 aromatic heterocycles. The number of aldehydes is 1. The number of aromatic nitrogens is 2. The Bertz CT molecular complexity index is 265. The molecule has 1 rings (SSSR count). The van der Waals surface area contributed by atoms with Gasteiger partial charge in [-0.1, -0.05) is 13.3 Å². The molecular formula is C9H14N2O. The molecule has 0 aromatic carbocycles. The summed E-state index contributed by atoms with van der Waals surface area (Å²) in [4.78, 5) is 14.8. The van der Waals surface area contributed by atoms with Crippen molar-refractivity contribution in [3.05, 3.63) is 17.7 Å². The van der Waals surface area contributed by atoms with Crippen molar-refractivity contribution in [2.45, 2.75) is 26.2 Å². The van der Waals surface area contributed by atoms with Crippen LogP contribution in [0.3, 0.4) is 0 Å². The fourth-order valence-corrected chi connectivity index (χ4v) is 1.18. The van der Waals surface area contributed by atoms with Crippen LogP contribution in [0.25, 0.3) is 0 Å². The molecule has 0 aliphatic heterocycles. The minimum atomic E-state index is 0.712. The van der Waals surface area contributed by atoms with Gasteiger partial charge in [-0.2, -0.15) is 0 Å². The topological polar surface area (TPSA) is 34.9 Å². The SMILES string of the molecule is CCCCc1ncn(C)c1C=O. The van der Waals surface area contributed by atoms with Gasteiger partial charge in [-0.25, -0.2) is 4.98 Å². The molecule has 66 valence electrons. The first-order valence-electron chi connectivity index (χ1n) is 4.25. The number of nitrogens with zero attached hydrogens (tertiary/aromatic N) is 2. The molecule has 0 spiro atoms. The highest BCUT2D eigenvalue weighted by Gasteiger charge is 2.05. The molecule has 1 heterocycles. The average molecular weight is 166 g/mol. The van der Waals surface area contributed by atoms with Gasteiger partial charge >= 0.3 is 0 Å². The fraction of sp³-hybridized carbons (Fsp3) is 0.556. The van der Waals surface area contributed by atoms with E-state index in [0.29, 0.717) is 5.69 Å². The van der Waals surface area contributed by atoms with Gasteiger partial charge in [0.05, 0.1) is 12.0 Å². The van der Waals surface area contributed by atoms with E-state index in [-0.39, 0.29) is 0 Å². The van der Waals surface area contributed by atoms with E-state index in [2.05, 4.69) is 11.9 Å². The molecule has 0 N–H and O–H groups in total. The first-order chi connectivity index (χ1) is 5.79. The van der Waals surface area contributed by atoms with Crippen molar-refractivity contribution < 1.29 is 4.79 Å². The van der Waals surface area contributed by atoms with Crippen LogP contribution >= 0.6 is 0 Å². The van der Waals surface area contributed by atoms with Crippen LogP contribution in [-0.2, 0) is 13.5 Å². The lowest BCUT2D eigenvalue weighted by Gasteiger charge is -1.96. The Balaban J connectivity index is 2.77.